The van der Waals surface area contributed by atoms with Gasteiger partial charge in [-0.3, -0.25) is 10.1 Å². The number of hydrogen-bond acceptors (Lipinski definition) is 4. The van der Waals surface area contributed by atoms with Crippen molar-refractivity contribution in [1.82, 2.24) is 5.32 Å². The molecule has 2 atom stereocenters. The minimum atomic E-state index is -0.703. The summed E-state index contributed by atoms with van der Waals surface area (Å²) in [5.41, 5.74) is -0.703. The molecule has 5 nitrogen and oxygen atoms in total. The molecule has 0 aromatic rings. The monoisotopic (exact) mass is 271 g/mol. The van der Waals surface area contributed by atoms with Crippen LogP contribution in [0.4, 0.5) is 0 Å². The Hall–Kier alpha value is -0.650. The van der Waals surface area contributed by atoms with Crippen LogP contribution in [0.15, 0.2) is 0 Å². The van der Waals surface area contributed by atoms with E-state index in [-0.39, 0.29) is 5.92 Å². The molecule has 2 fully saturated rings. The predicted octanol–water partition coefficient (Wildman–Crippen LogP) is 1.41. The maximum Gasteiger partial charge on any atom is 0.324 e. The second-order valence-corrected chi connectivity index (χ2v) is 5.68. The molecule has 2 N–H and O–H groups in total. The van der Waals surface area contributed by atoms with Gasteiger partial charge in [0.05, 0.1) is 13.2 Å². The first-order valence-corrected chi connectivity index (χ1v) is 7.27. The van der Waals surface area contributed by atoms with Gasteiger partial charge >= 0.3 is 5.97 Å². The van der Waals surface area contributed by atoms with Crippen molar-refractivity contribution in [3.63, 3.8) is 0 Å². The lowest BCUT2D eigenvalue weighted by molar-refractivity contribution is -0.147. The van der Waals surface area contributed by atoms with E-state index < -0.39 is 11.5 Å². The van der Waals surface area contributed by atoms with Gasteiger partial charge in [0.1, 0.15) is 5.54 Å². The molecule has 0 radical (unpaired) electrons. The molecule has 2 saturated carbocycles. The van der Waals surface area contributed by atoms with Crippen LogP contribution in [0.25, 0.3) is 0 Å². The molecule has 5 heteroatoms. The summed E-state index contributed by atoms with van der Waals surface area (Å²) < 4.78 is 10.4. The van der Waals surface area contributed by atoms with Crippen LogP contribution in [0.2, 0.25) is 0 Å². The van der Waals surface area contributed by atoms with E-state index in [1.807, 2.05) is 0 Å². The van der Waals surface area contributed by atoms with Gasteiger partial charge in [-0.05, 0) is 38.0 Å². The van der Waals surface area contributed by atoms with E-state index in [0.717, 1.165) is 38.5 Å². The van der Waals surface area contributed by atoms with Crippen molar-refractivity contribution in [2.45, 2.75) is 50.1 Å². The first kappa shape index (κ1) is 14.8. The van der Waals surface area contributed by atoms with Crippen LogP contribution in [0, 0.1) is 5.92 Å². The molecule has 0 bridgehead atoms. The third kappa shape index (κ3) is 3.68. The van der Waals surface area contributed by atoms with Crippen molar-refractivity contribution < 1.29 is 19.4 Å². The number of carbonyl (C=O) groups is 1. The fraction of sp³-hybridized carbons (Fsp3) is 0.929. The van der Waals surface area contributed by atoms with Gasteiger partial charge in [-0.25, -0.2) is 0 Å². The molecule has 2 rings (SSSR count). The third-order valence-electron chi connectivity index (χ3n) is 4.28. The van der Waals surface area contributed by atoms with Gasteiger partial charge in [-0.2, -0.15) is 0 Å². The van der Waals surface area contributed by atoms with Crippen molar-refractivity contribution in [2.75, 3.05) is 26.9 Å². The lowest BCUT2D eigenvalue weighted by Gasteiger charge is -2.32. The van der Waals surface area contributed by atoms with Crippen LogP contribution in [0.1, 0.15) is 38.5 Å². The van der Waals surface area contributed by atoms with Gasteiger partial charge < -0.3 is 14.6 Å². The van der Waals surface area contributed by atoms with E-state index >= 15 is 0 Å². The topological polar surface area (TPSA) is 67.8 Å². The largest absolute Gasteiger partial charge is 0.480 e. The van der Waals surface area contributed by atoms with Crippen LogP contribution in [-0.2, 0) is 14.3 Å². The molecule has 2 unspecified atom stereocenters. The number of nitrogens with one attached hydrogen (secondary N) is 1. The zero-order valence-electron chi connectivity index (χ0n) is 11.7. The van der Waals surface area contributed by atoms with E-state index in [4.69, 9.17) is 9.47 Å². The van der Waals surface area contributed by atoms with Gasteiger partial charge in [0.25, 0.3) is 0 Å². The number of ether oxygens (including phenoxy) is 2. The summed E-state index contributed by atoms with van der Waals surface area (Å²) >= 11 is 0. The van der Waals surface area contributed by atoms with Gasteiger partial charge in [0, 0.05) is 19.8 Å². The van der Waals surface area contributed by atoms with E-state index in [1.54, 1.807) is 7.11 Å². The fourth-order valence-electron chi connectivity index (χ4n) is 3.06. The molecular weight excluding hydrogens is 246 g/mol. The summed E-state index contributed by atoms with van der Waals surface area (Å²) in [4.78, 5) is 11.7. The molecule has 0 heterocycles. The molecule has 2 aliphatic carbocycles. The maximum absolute atomic E-state index is 11.7. The number of carboxylic acid groups (broad SMARTS) is 1. The SMILES string of the molecule is COCCOCCC1CCCC1(NC1CC1)C(=O)O. The highest BCUT2D eigenvalue weighted by atomic mass is 16.5. The molecule has 0 aromatic heterocycles. The maximum atomic E-state index is 11.7. The minimum Gasteiger partial charge on any atom is -0.480 e. The van der Waals surface area contributed by atoms with Crippen LogP contribution in [0.5, 0.6) is 0 Å². The van der Waals surface area contributed by atoms with Gasteiger partial charge in [0.2, 0.25) is 0 Å². The van der Waals surface area contributed by atoms with E-state index in [0.29, 0.717) is 25.9 Å². The fourth-order valence-corrected chi connectivity index (χ4v) is 3.06. The Bertz CT molecular complexity index is 306. The van der Waals surface area contributed by atoms with E-state index in [1.165, 1.54) is 0 Å². The van der Waals surface area contributed by atoms with Crippen molar-refractivity contribution >= 4 is 5.97 Å². The summed E-state index contributed by atoms with van der Waals surface area (Å²) in [7, 11) is 1.65. The number of hydrogen-bond donors (Lipinski definition) is 2. The molecule has 19 heavy (non-hydrogen) atoms. The Morgan fingerprint density at radius 1 is 1.32 bits per heavy atom. The summed E-state index contributed by atoms with van der Waals surface area (Å²) in [5, 5.41) is 13.0. The molecule has 0 amide bonds. The first-order chi connectivity index (χ1) is 9.19. The quantitative estimate of drug-likeness (QED) is 0.621. The number of rotatable bonds is 9. The van der Waals surface area contributed by atoms with Crippen LogP contribution < -0.4 is 5.32 Å². The molecular formula is C14H25NO4. The lowest BCUT2D eigenvalue weighted by Crippen LogP contribution is -2.55. The second-order valence-electron chi connectivity index (χ2n) is 5.68. The normalized spacial score (nSPS) is 30.7. The number of methoxy groups -OCH3 is 1. The first-order valence-electron chi connectivity index (χ1n) is 7.27. The van der Waals surface area contributed by atoms with Gasteiger partial charge in [-0.1, -0.05) is 6.42 Å². The van der Waals surface area contributed by atoms with E-state index in [2.05, 4.69) is 5.32 Å². The number of carboxylic acids is 1. The average molecular weight is 271 g/mol. The second kappa shape index (κ2) is 6.68. The zero-order valence-corrected chi connectivity index (χ0v) is 11.7. The highest BCUT2D eigenvalue weighted by Crippen LogP contribution is 2.40. The molecule has 110 valence electrons. The molecule has 0 saturated heterocycles. The van der Waals surface area contributed by atoms with Crippen LogP contribution in [-0.4, -0.2) is 49.6 Å². The Morgan fingerprint density at radius 2 is 2.11 bits per heavy atom. The molecule has 2 aliphatic rings. The standard InChI is InChI=1S/C14H25NO4/c1-18-9-10-19-8-6-11-3-2-7-14(11,13(16)17)15-12-4-5-12/h11-12,15H,2-10H2,1H3,(H,16,17). The van der Waals surface area contributed by atoms with Gasteiger partial charge in [0.15, 0.2) is 0 Å². The Labute approximate surface area is 114 Å². The molecule has 0 aromatic carbocycles. The Balaban J connectivity index is 1.84. The zero-order chi connectivity index (χ0) is 13.7. The molecule has 0 spiro atoms. The van der Waals surface area contributed by atoms with Crippen molar-refractivity contribution in [1.29, 1.82) is 0 Å². The Kier molecular flexibility index (Phi) is 5.19. The van der Waals surface area contributed by atoms with E-state index in [9.17, 15) is 9.90 Å². The third-order valence-corrected chi connectivity index (χ3v) is 4.28. The van der Waals surface area contributed by atoms with Gasteiger partial charge in [-0.15, -0.1) is 0 Å². The summed E-state index contributed by atoms with van der Waals surface area (Å²) in [6, 6.07) is 0.422. The summed E-state index contributed by atoms with van der Waals surface area (Å²) in [6.45, 7) is 1.80. The molecule has 0 aliphatic heterocycles. The minimum absolute atomic E-state index is 0.188. The lowest BCUT2D eigenvalue weighted by atomic mass is 9.84. The smallest absolute Gasteiger partial charge is 0.324 e. The Morgan fingerprint density at radius 3 is 2.74 bits per heavy atom. The van der Waals surface area contributed by atoms with Crippen molar-refractivity contribution in [2.24, 2.45) is 5.92 Å². The van der Waals surface area contributed by atoms with Crippen LogP contribution >= 0.6 is 0 Å². The highest BCUT2D eigenvalue weighted by Gasteiger charge is 2.50. The predicted molar refractivity (Wildman–Crippen MR) is 71.2 cm³/mol. The van der Waals surface area contributed by atoms with Crippen LogP contribution in [0.3, 0.4) is 0 Å². The average Bonchev–Trinajstić information content (AvgIpc) is 3.09. The highest BCUT2D eigenvalue weighted by molar-refractivity contribution is 5.80. The van der Waals surface area contributed by atoms with Crippen molar-refractivity contribution in [3.05, 3.63) is 0 Å². The number of aliphatic carboxylic acids is 1. The summed E-state index contributed by atoms with van der Waals surface area (Å²) in [5.74, 6) is -0.494. The summed E-state index contributed by atoms with van der Waals surface area (Å²) in [6.07, 6.45) is 5.78. The van der Waals surface area contributed by atoms with Crippen molar-refractivity contribution in [3.8, 4) is 0 Å².